The predicted molar refractivity (Wildman–Crippen MR) is 121 cm³/mol. The molecule has 0 radical (unpaired) electrons. The zero-order valence-corrected chi connectivity index (χ0v) is 17.9. The van der Waals surface area contributed by atoms with Crippen LogP contribution in [-0.2, 0) is 13.0 Å². The number of aromatic nitrogens is 1. The lowest BCUT2D eigenvalue weighted by molar-refractivity contribution is 0.101. The van der Waals surface area contributed by atoms with Crippen LogP contribution < -0.4 is 4.74 Å². The molecule has 4 nitrogen and oxygen atoms in total. The minimum Gasteiger partial charge on any atom is -0.497 e. The summed E-state index contributed by atoms with van der Waals surface area (Å²) in [6, 6.07) is 14.9. The molecule has 2 heterocycles. The molecule has 0 bridgehead atoms. The normalized spacial score (nSPS) is 20.9. The SMILES string of the molecule is COc1ccc2c(c1)C1CCN(CCCn3cc(C(C)=O)c4ccccc43)CC1C2. The Balaban J connectivity index is 1.21. The van der Waals surface area contributed by atoms with Crippen LogP contribution in [0.4, 0.5) is 0 Å². The summed E-state index contributed by atoms with van der Waals surface area (Å²) in [5, 5.41) is 1.07. The van der Waals surface area contributed by atoms with Crippen LogP contribution in [0.5, 0.6) is 5.75 Å². The van der Waals surface area contributed by atoms with Gasteiger partial charge in [0.05, 0.1) is 7.11 Å². The molecule has 0 N–H and O–H groups in total. The fraction of sp³-hybridized carbons (Fsp3) is 0.423. The fourth-order valence-corrected chi connectivity index (χ4v) is 5.62. The highest BCUT2D eigenvalue weighted by Crippen LogP contribution is 2.44. The second-order valence-electron chi connectivity index (χ2n) is 8.89. The molecule has 156 valence electrons. The van der Waals surface area contributed by atoms with Crippen molar-refractivity contribution in [3.8, 4) is 5.75 Å². The van der Waals surface area contributed by atoms with Crippen molar-refractivity contribution >= 4 is 16.7 Å². The summed E-state index contributed by atoms with van der Waals surface area (Å²) < 4.78 is 7.71. The van der Waals surface area contributed by atoms with Crippen LogP contribution in [0.25, 0.3) is 10.9 Å². The summed E-state index contributed by atoms with van der Waals surface area (Å²) in [4.78, 5) is 14.6. The number of nitrogens with zero attached hydrogens (tertiary/aromatic N) is 2. The number of carbonyl (C=O) groups is 1. The van der Waals surface area contributed by atoms with Crippen LogP contribution >= 0.6 is 0 Å². The van der Waals surface area contributed by atoms with Crippen LogP contribution in [0.3, 0.4) is 0 Å². The topological polar surface area (TPSA) is 34.5 Å². The Morgan fingerprint density at radius 2 is 2.03 bits per heavy atom. The smallest absolute Gasteiger partial charge is 0.161 e. The van der Waals surface area contributed by atoms with Gasteiger partial charge < -0.3 is 14.2 Å². The van der Waals surface area contributed by atoms with Gasteiger partial charge in [0, 0.05) is 35.8 Å². The van der Waals surface area contributed by atoms with Gasteiger partial charge in [-0.25, -0.2) is 0 Å². The van der Waals surface area contributed by atoms with Crippen molar-refractivity contribution in [3.05, 3.63) is 65.4 Å². The third-order valence-corrected chi connectivity index (χ3v) is 7.09. The molecule has 2 aromatic carbocycles. The van der Waals surface area contributed by atoms with Crippen molar-refractivity contribution in [2.24, 2.45) is 5.92 Å². The number of fused-ring (bicyclic) bond motifs is 4. The number of benzene rings is 2. The Labute approximate surface area is 178 Å². The van der Waals surface area contributed by atoms with Gasteiger partial charge >= 0.3 is 0 Å². The van der Waals surface area contributed by atoms with Gasteiger partial charge in [0.25, 0.3) is 0 Å². The molecule has 30 heavy (non-hydrogen) atoms. The van der Waals surface area contributed by atoms with Gasteiger partial charge in [-0.1, -0.05) is 24.3 Å². The summed E-state index contributed by atoms with van der Waals surface area (Å²) in [5.74, 6) is 2.56. The van der Waals surface area contributed by atoms with E-state index >= 15 is 0 Å². The van der Waals surface area contributed by atoms with Crippen molar-refractivity contribution in [1.82, 2.24) is 9.47 Å². The average Bonchev–Trinajstić information content (AvgIpc) is 3.31. The number of piperidine rings is 1. The molecule has 1 saturated heterocycles. The van der Waals surface area contributed by atoms with Gasteiger partial charge in [-0.3, -0.25) is 4.79 Å². The Bertz CT molecular complexity index is 1080. The van der Waals surface area contributed by atoms with E-state index in [1.807, 2.05) is 12.3 Å². The lowest BCUT2D eigenvalue weighted by atomic mass is 9.86. The first kappa shape index (κ1) is 19.4. The molecule has 4 heteroatoms. The predicted octanol–water partition coefficient (Wildman–Crippen LogP) is 4.90. The number of aryl methyl sites for hydroxylation is 1. The molecular weight excluding hydrogens is 372 g/mol. The zero-order chi connectivity index (χ0) is 20.7. The van der Waals surface area contributed by atoms with Crippen molar-refractivity contribution < 1.29 is 9.53 Å². The fourth-order valence-electron chi connectivity index (χ4n) is 5.62. The molecule has 0 amide bonds. The average molecular weight is 403 g/mol. The first-order valence-corrected chi connectivity index (χ1v) is 11.1. The first-order chi connectivity index (χ1) is 14.6. The van der Waals surface area contributed by atoms with Gasteiger partial charge in [0.2, 0.25) is 0 Å². The maximum Gasteiger partial charge on any atom is 0.161 e. The lowest BCUT2D eigenvalue weighted by Gasteiger charge is -2.35. The van der Waals surface area contributed by atoms with Gasteiger partial charge in [-0.15, -0.1) is 0 Å². The van der Waals surface area contributed by atoms with Crippen LogP contribution in [0.2, 0.25) is 0 Å². The van der Waals surface area contributed by atoms with Gasteiger partial charge in [0.1, 0.15) is 5.75 Å². The number of hydrogen-bond acceptors (Lipinski definition) is 3. The second-order valence-corrected chi connectivity index (χ2v) is 8.89. The third-order valence-electron chi connectivity index (χ3n) is 7.09. The molecule has 1 aliphatic heterocycles. The Hall–Kier alpha value is -2.59. The maximum atomic E-state index is 12.0. The van der Waals surface area contributed by atoms with E-state index in [0.29, 0.717) is 5.92 Å². The molecule has 2 atom stereocenters. The van der Waals surface area contributed by atoms with E-state index in [1.165, 1.54) is 42.6 Å². The second kappa shape index (κ2) is 7.92. The molecule has 1 aliphatic carbocycles. The molecule has 0 saturated carbocycles. The van der Waals surface area contributed by atoms with Crippen LogP contribution in [-0.4, -0.2) is 42.0 Å². The monoisotopic (exact) mass is 402 g/mol. The number of hydrogen-bond donors (Lipinski definition) is 0. The van der Waals surface area contributed by atoms with E-state index in [0.717, 1.165) is 42.1 Å². The number of ether oxygens (including phenoxy) is 1. The van der Waals surface area contributed by atoms with E-state index in [1.54, 1.807) is 14.0 Å². The first-order valence-electron chi connectivity index (χ1n) is 11.1. The van der Waals surface area contributed by atoms with Crippen molar-refractivity contribution in [1.29, 1.82) is 0 Å². The molecule has 2 aliphatic rings. The van der Waals surface area contributed by atoms with E-state index < -0.39 is 0 Å². The van der Waals surface area contributed by atoms with Gasteiger partial charge in [-0.05, 0) is 80.4 Å². The quantitative estimate of drug-likeness (QED) is 0.550. The minimum atomic E-state index is 0.143. The van der Waals surface area contributed by atoms with E-state index in [-0.39, 0.29) is 5.78 Å². The van der Waals surface area contributed by atoms with E-state index in [4.69, 9.17) is 4.74 Å². The molecule has 0 spiro atoms. The Morgan fingerprint density at radius 1 is 1.17 bits per heavy atom. The zero-order valence-electron chi connectivity index (χ0n) is 17.9. The number of carbonyl (C=O) groups excluding carboxylic acids is 1. The number of methoxy groups -OCH3 is 1. The Kier molecular flexibility index (Phi) is 5.11. The summed E-state index contributed by atoms with van der Waals surface area (Å²) >= 11 is 0. The number of likely N-dealkylation sites (tertiary alicyclic amines) is 1. The largest absolute Gasteiger partial charge is 0.497 e. The van der Waals surface area contributed by atoms with Crippen LogP contribution in [0, 0.1) is 5.92 Å². The molecule has 2 unspecified atom stereocenters. The molecule has 1 aromatic heterocycles. The van der Waals surface area contributed by atoms with Gasteiger partial charge in [0.15, 0.2) is 5.78 Å². The van der Waals surface area contributed by atoms with Crippen molar-refractivity contribution in [2.75, 3.05) is 26.7 Å². The lowest BCUT2D eigenvalue weighted by Crippen LogP contribution is -2.39. The number of para-hydroxylation sites is 1. The van der Waals surface area contributed by atoms with Gasteiger partial charge in [-0.2, -0.15) is 0 Å². The van der Waals surface area contributed by atoms with Crippen molar-refractivity contribution in [3.63, 3.8) is 0 Å². The summed E-state index contributed by atoms with van der Waals surface area (Å²) in [5.41, 5.74) is 5.05. The standard InChI is InChI=1S/C26H30N2O2/c1-18(29)25-17-28(26-7-4-3-6-23(25)26)12-5-11-27-13-10-22-20(16-27)14-19-8-9-21(30-2)15-24(19)22/h3-4,6-9,15,17,20,22H,5,10-14,16H2,1-2H3. The van der Waals surface area contributed by atoms with E-state index in [9.17, 15) is 4.79 Å². The molecule has 5 rings (SSSR count). The molecule has 3 aromatic rings. The number of rotatable bonds is 6. The van der Waals surface area contributed by atoms with Crippen molar-refractivity contribution in [2.45, 2.75) is 38.6 Å². The highest BCUT2D eigenvalue weighted by molar-refractivity contribution is 6.06. The summed E-state index contributed by atoms with van der Waals surface area (Å²) in [7, 11) is 1.75. The highest BCUT2D eigenvalue weighted by atomic mass is 16.5. The third kappa shape index (κ3) is 3.43. The summed E-state index contributed by atoms with van der Waals surface area (Å²) in [6.07, 6.45) is 5.59. The van der Waals surface area contributed by atoms with E-state index in [2.05, 4.69) is 45.9 Å². The highest BCUT2D eigenvalue weighted by Gasteiger charge is 2.36. The number of ketones is 1. The molecular formula is C26H30N2O2. The summed E-state index contributed by atoms with van der Waals surface area (Å²) in [6.45, 7) is 6.09. The van der Waals surface area contributed by atoms with Crippen LogP contribution in [0.15, 0.2) is 48.7 Å². The molecule has 1 fully saturated rings. The Morgan fingerprint density at radius 3 is 2.87 bits per heavy atom. The van der Waals surface area contributed by atoms with Crippen LogP contribution in [0.1, 0.15) is 47.2 Å². The number of Topliss-reactive ketones (excluding diaryl/α,β-unsaturated/α-hetero) is 1. The maximum absolute atomic E-state index is 12.0. The minimum absolute atomic E-state index is 0.143.